The Balaban J connectivity index is 2.02. The minimum atomic E-state index is -3.34. The number of hydrogen-bond acceptors (Lipinski definition) is 4. The first-order chi connectivity index (χ1) is 9.50. The van der Waals surface area contributed by atoms with Crippen LogP contribution in [0, 0.1) is 0 Å². The van der Waals surface area contributed by atoms with Gasteiger partial charge in [-0.1, -0.05) is 24.6 Å². The number of rotatable bonds is 5. The zero-order valence-electron chi connectivity index (χ0n) is 11.2. The number of carbonyl (C=O) groups is 1. The van der Waals surface area contributed by atoms with E-state index in [1.54, 1.807) is 35.2 Å². The molecule has 110 valence electrons. The molecule has 0 aromatic heterocycles. The second-order valence-corrected chi connectivity index (χ2v) is 7.13. The van der Waals surface area contributed by atoms with Crippen molar-refractivity contribution in [1.29, 1.82) is 0 Å². The summed E-state index contributed by atoms with van der Waals surface area (Å²) in [5.41, 5.74) is 0. The summed E-state index contributed by atoms with van der Waals surface area (Å²) in [6.07, 6.45) is 2.41. The third kappa shape index (κ3) is 3.58. The van der Waals surface area contributed by atoms with E-state index in [2.05, 4.69) is 0 Å². The Hall–Kier alpha value is -1.40. The van der Waals surface area contributed by atoms with Crippen LogP contribution >= 0.6 is 0 Å². The van der Waals surface area contributed by atoms with Crippen LogP contribution in [0.5, 0.6) is 0 Å². The highest BCUT2D eigenvalue weighted by molar-refractivity contribution is 7.91. The third-order valence-corrected chi connectivity index (χ3v) is 5.36. The summed E-state index contributed by atoms with van der Waals surface area (Å²) < 4.78 is 24.4. The van der Waals surface area contributed by atoms with Crippen LogP contribution in [0.15, 0.2) is 35.2 Å². The molecule has 1 aliphatic heterocycles. The number of aliphatic carboxylic acids is 1. The molecule has 1 N–H and O–H groups in total. The molecule has 5 nitrogen and oxygen atoms in total. The second-order valence-electron chi connectivity index (χ2n) is 5.02. The standard InChI is InChI=1S/C14H19NO4S/c16-14(17)13-8-4-5-9-15(13)10-11-20(18,19)12-6-2-1-3-7-12/h1-3,6-7,13H,4-5,8-11H2,(H,16,17). The maximum absolute atomic E-state index is 12.2. The van der Waals surface area contributed by atoms with E-state index in [0.717, 1.165) is 12.8 Å². The molecule has 1 saturated heterocycles. The van der Waals surface area contributed by atoms with Gasteiger partial charge >= 0.3 is 5.97 Å². The van der Waals surface area contributed by atoms with Crippen LogP contribution in [-0.4, -0.2) is 49.3 Å². The van der Waals surface area contributed by atoms with Crippen LogP contribution in [0.3, 0.4) is 0 Å². The van der Waals surface area contributed by atoms with Crippen molar-refractivity contribution in [3.05, 3.63) is 30.3 Å². The fraction of sp³-hybridized carbons (Fsp3) is 0.500. The monoisotopic (exact) mass is 297 g/mol. The molecule has 0 spiro atoms. The lowest BCUT2D eigenvalue weighted by Crippen LogP contribution is -2.46. The summed E-state index contributed by atoms with van der Waals surface area (Å²) in [4.78, 5) is 13.2. The minimum absolute atomic E-state index is 0.0409. The average Bonchev–Trinajstić information content (AvgIpc) is 2.46. The summed E-state index contributed by atoms with van der Waals surface area (Å²) in [7, 11) is -3.34. The van der Waals surface area contributed by atoms with Crippen LogP contribution in [0.2, 0.25) is 0 Å². The molecule has 1 aliphatic rings. The zero-order chi connectivity index (χ0) is 14.6. The Labute approximate surface area is 119 Å². The first-order valence-electron chi connectivity index (χ1n) is 6.75. The molecule has 2 rings (SSSR count). The van der Waals surface area contributed by atoms with Crippen molar-refractivity contribution in [2.24, 2.45) is 0 Å². The quantitative estimate of drug-likeness (QED) is 0.889. The second kappa shape index (κ2) is 6.37. The summed E-state index contributed by atoms with van der Waals surface area (Å²) >= 11 is 0. The number of likely N-dealkylation sites (tertiary alicyclic amines) is 1. The summed E-state index contributed by atoms with van der Waals surface area (Å²) in [6.45, 7) is 0.926. The van der Waals surface area contributed by atoms with Crippen LogP contribution < -0.4 is 0 Å². The van der Waals surface area contributed by atoms with Crippen LogP contribution in [0.1, 0.15) is 19.3 Å². The van der Waals surface area contributed by atoms with Crippen molar-refractivity contribution in [1.82, 2.24) is 4.90 Å². The van der Waals surface area contributed by atoms with E-state index in [0.29, 0.717) is 17.9 Å². The van der Waals surface area contributed by atoms with Crippen LogP contribution in [-0.2, 0) is 14.6 Å². The summed E-state index contributed by atoms with van der Waals surface area (Å²) in [5, 5.41) is 9.16. The van der Waals surface area contributed by atoms with Gasteiger partial charge in [0.15, 0.2) is 9.84 Å². The highest BCUT2D eigenvalue weighted by Crippen LogP contribution is 2.18. The maximum atomic E-state index is 12.2. The summed E-state index contributed by atoms with van der Waals surface area (Å²) in [6, 6.07) is 7.74. The molecule has 1 heterocycles. The number of piperidine rings is 1. The Bertz CT molecular complexity index is 556. The molecule has 0 amide bonds. The van der Waals surface area contributed by atoms with E-state index in [1.165, 1.54) is 0 Å². The third-order valence-electron chi connectivity index (χ3n) is 3.65. The SMILES string of the molecule is O=C(O)C1CCCCN1CCS(=O)(=O)c1ccccc1. The Morgan fingerprint density at radius 1 is 1.25 bits per heavy atom. The van der Waals surface area contributed by atoms with Gasteiger partial charge in [-0.05, 0) is 31.5 Å². The number of benzene rings is 1. The van der Waals surface area contributed by atoms with Crippen molar-refractivity contribution in [2.75, 3.05) is 18.8 Å². The highest BCUT2D eigenvalue weighted by Gasteiger charge is 2.29. The smallest absolute Gasteiger partial charge is 0.320 e. The van der Waals surface area contributed by atoms with Gasteiger partial charge < -0.3 is 5.11 Å². The number of sulfone groups is 1. The highest BCUT2D eigenvalue weighted by atomic mass is 32.2. The Kier molecular flexibility index (Phi) is 4.77. The fourth-order valence-corrected chi connectivity index (χ4v) is 3.80. The normalized spacial score (nSPS) is 20.7. The fourth-order valence-electron chi connectivity index (χ4n) is 2.52. The van der Waals surface area contributed by atoms with Crippen molar-refractivity contribution < 1.29 is 18.3 Å². The van der Waals surface area contributed by atoms with Crippen molar-refractivity contribution >= 4 is 15.8 Å². The van der Waals surface area contributed by atoms with E-state index in [1.807, 2.05) is 0 Å². The topological polar surface area (TPSA) is 74.7 Å². The molecule has 1 aromatic rings. The first-order valence-corrected chi connectivity index (χ1v) is 8.40. The van der Waals surface area contributed by atoms with E-state index in [-0.39, 0.29) is 12.3 Å². The number of carboxylic acids is 1. The van der Waals surface area contributed by atoms with Gasteiger partial charge in [0, 0.05) is 6.54 Å². The van der Waals surface area contributed by atoms with E-state index >= 15 is 0 Å². The average molecular weight is 297 g/mol. The van der Waals surface area contributed by atoms with Gasteiger partial charge in [0.05, 0.1) is 10.6 Å². The van der Waals surface area contributed by atoms with Gasteiger partial charge in [-0.3, -0.25) is 9.69 Å². The Morgan fingerprint density at radius 3 is 2.60 bits per heavy atom. The van der Waals surface area contributed by atoms with E-state index in [4.69, 9.17) is 5.11 Å². The van der Waals surface area contributed by atoms with Crippen LogP contribution in [0.25, 0.3) is 0 Å². The molecule has 1 aromatic carbocycles. The lowest BCUT2D eigenvalue weighted by molar-refractivity contribution is -0.144. The largest absolute Gasteiger partial charge is 0.480 e. The molecule has 1 unspecified atom stereocenters. The predicted octanol–water partition coefficient (Wildman–Crippen LogP) is 1.40. The lowest BCUT2D eigenvalue weighted by atomic mass is 10.0. The van der Waals surface area contributed by atoms with Gasteiger partial charge in [-0.25, -0.2) is 8.42 Å². The van der Waals surface area contributed by atoms with Gasteiger partial charge in [-0.2, -0.15) is 0 Å². The molecule has 0 aliphatic carbocycles. The van der Waals surface area contributed by atoms with Crippen molar-refractivity contribution in [2.45, 2.75) is 30.2 Å². The van der Waals surface area contributed by atoms with Crippen molar-refractivity contribution in [3.8, 4) is 0 Å². The number of carboxylic acid groups (broad SMARTS) is 1. The predicted molar refractivity (Wildman–Crippen MR) is 75.3 cm³/mol. The zero-order valence-corrected chi connectivity index (χ0v) is 12.1. The van der Waals surface area contributed by atoms with Gasteiger partial charge in [0.1, 0.15) is 6.04 Å². The minimum Gasteiger partial charge on any atom is -0.480 e. The molecule has 0 radical (unpaired) electrons. The number of nitrogens with zero attached hydrogens (tertiary/aromatic N) is 1. The van der Waals surface area contributed by atoms with Crippen molar-refractivity contribution in [3.63, 3.8) is 0 Å². The molecule has 0 bridgehead atoms. The van der Waals surface area contributed by atoms with Gasteiger partial charge in [-0.15, -0.1) is 0 Å². The molecule has 1 fully saturated rings. The first kappa shape index (κ1) is 15.0. The number of hydrogen-bond donors (Lipinski definition) is 1. The molecule has 1 atom stereocenters. The lowest BCUT2D eigenvalue weighted by Gasteiger charge is -2.32. The molecular formula is C14H19NO4S. The van der Waals surface area contributed by atoms with Gasteiger partial charge in [0.25, 0.3) is 0 Å². The van der Waals surface area contributed by atoms with E-state index < -0.39 is 21.8 Å². The Morgan fingerprint density at radius 2 is 1.95 bits per heavy atom. The maximum Gasteiger partial charge on any atom is 0.320 e. The summed E-state index contributed by atoms with van der Waals surface area (Å²) in [5.74, 6) is -0.900. The van der Waals surface area contributed by atoms with Crippen LogP contribution in [0.4, 0.5) is 0 Å². The molecule has 6 heteroatoms. The molecular weight excluding hydrogens is 278 g/mol. The molecule has 20 heavy (non-hydrogen) atoms. The molecule has 0 saturated carbocycles. The van der Waals surface area contributed by atoms with E-state index in [9.17, 15) is 13.2 Å². The van der Waals surface area contributed by atoms with Gasteiger partial charge in [0.2, 0.25) is 0 Å².